The van der Waals surface area contributed by atoms with E-state index >= 15 is 0 Å². The number of nitrogens with zero attached hydrogens (tertiary/aromatic N) is 5. The zero-order valence-electron chi connectivity index (χ0n) is 19.4. The summed E-state index contributed by atoms with van der Waals surface area (Å²) in [6.45, 7) is 7.52. The van der Waals surface area contributed by atoms with Crippen LogP contribution >= 0.6 is 0 Å². The van der Waals surface area contributed by atoms with Crippen LogP contribution in [-0.4, -0.2) is 46.9 Å². The molecule has 3 N–H and O–H groups in total. The van der Waals surface area contributed by atoms with E-state index in [1.54, 1.807) is 36.0 Å². The first-order valence-electron chi connectivity index (χ1n) is 11.3. The largest absolute Gasteiger partial charge is 0.361 e. The number of carbonyl (C=O) groups is 1. The second-order valence-corrected chi connectivity index (χ2v) is 8.08. The van der Waals surface area contributed by atoms with E-state index in [0.717, 1.165) is 22.1 Å². The van der Waals surface area contributed by atoms with Gasteiger partial charge in [-0.25, -0.2) is 18.9 Å². The Bertz CT molecular complexity index is 1370. The molecule has 4 aromatic heterocycles. The van der Waals surface area contributed by atoms with Crippen LogP contribution in [0.4, 0.5) is 10.2 Å². The summed E-state index contributed by atoms with van der Waals surface area (Å²) in [4.78, 5) is 25.0. The lowest BCUT2D eigenvalue weighted by atomic mass is 9.99. The van der Waals surface area contributed by atoms with Gasteiger partial charge in [-0.3, -0.25) is 9.78 Å². The molecule has 1 aliphatic carbocycles. The lowest BCUT2D eigenvalue weighted by Gasteiger charge is -2.20. The Balaban J connectivity index is 0.00000133. The molecule has 0 saturated heterocycles. The van der Waals surface area contributed by atoms with Gasteiger partial charge in [0, 0.05) is 41.4 Å². The Morgan fingerprint density at radius 3 is 2.56 bits per heavy atom. The monoisotopic (exact) mass is 466 g/mol. The number of hydrogen-bond donors (Lipinski definition) is 3. The lowest BCUT2D eigenvalue weighted by molar-refractivity contribution is -0.174. The molecular weight excluding hydrogens is 439 g/mol. The van der Waals surface area contributed by atoms with E-state index in [1.165, 1.54) is 6.33 Å². The zero-order valence-corrected chi connectivity index (χ0v) is 19.4. The summed E-state index contributed by atoms with van der Waals surface area (Å²) >= 11 is 0. The maximum absolute atomic E-state index is 13.2. The molecule has 34 heavy (non-hydrogen) atoms. The fourth-order valence-corrected chi connectivity index (χ4v) is 3.73. The average molecular weight is 467 g/mol. The highest BCUT2D eigenvalue weighted by Gasteiger charge is 2.43. The Morgan fingerprint density at radius 1 is 1.18 bits per heavy atom. The number of aromatic nitrogens is 5. The van der Waals surface area contributed by atoms with E-state index in [4.69, 9.17) is 0 Å². The van der Waals surface area contributed by atoms with Gasteiger partial charge in [0.1, 0.15) is 18.3 Å². The molecule has 0 aromatic carbocycles. The second-order valence-electron chi connectivity index (χ2n) is 8.08. The summed E-state index contributed by atoms with van der Waals surface area (Å²) in [5.74, 6) is -2.67. The molecule has 0 aliphatic heterocycles. The number of amides is 1. The van der Waals surface area contributed by atoms with Crippen LogP contribution in [0, 0.1) is 12.8 Å². The first-order valence-corrected chi connectivity index (χ1v) is 11.3. The summed E-state index contributed by atoms with van der Waals surface area (Å²) in [7, 11) is 0. The number of aliphatic hydroxyl groups is 2. The number of fused-ring (bicyclic) bond motifs is 3. The van der Waals surface area contributed by atoms with Crippen molar-refractivity contribution in [1.29, 1.82) is 0 Å². The van der Waals surface area contributed by atoms with E-state index in [-0.39, 0.29) is 24.4 Å². The maximum Gasteiger partial charge on any atom is 0.231 e. The van der Waals surface area contributed by atoms with Gasteiger partial charge in [0.15, 0.2) is 5.65 Å². The number of aryl methyl sites for hydroxylation is 1. The van der Waals surface area contributed by atoms with Gasteiger partial charge >= 0.3 is 0 Å². The third-order valence-corrected chi connectivity index (χ3v) is 5.83. The number of pyridine rings is 3. The number of carbonyl (C=O) groups excluding carboxylic acids is 1. The smallest absolute Gasteiger partial charge is 0.231 e. The van der Waals surface area contributed by atoms with Gasteiger partial charge in [-0.2, -0.15) is 5.10 Å². The van der Waals surface area contributed by atoms with Gasteiger partial charge in [-0.05, 0) is 31.0 Å². The highest BCUT2D eigenvalue weighted by molar-refractivity contribution is 5.97. The normalized spacial score (nSPS) is 17.4. The molecule has 1 amide bonds. The minimum absolute atomic E-state index is 0.112. The predicted molar refractivity (Wildman–Crippen MR) is 126 cm³/mol. The molecular formula is C24H27FN6O3. The zero-order chi connectivity index (χ0) is 24.6. The number of hydrogen-bond acceptors (Lipinski definition) is 7. The molecule has 0 bridgehead atoms. The Morgan fingerprint density at radius 2 is 1.91 bits per heavy atom. The molecule has 2 unspecified atom stereocenters. The summed E-state index contributed by atoms with van der Waals surface area (Å²) in [6, 6.07) is 5.21. The van der Waals surface area contributed by atoms with E-state index in [9.17, 15) is 19.4 Å². The third-order valence-electron chi connectivity index (χ3n) is 5.83. The Kier molecular flexibility index (Phi) is 6.28. The van der Waals surface area contributed by atoms with Crippen LogP contribution in [0.3, 0.4) is 0 Å². The van der Waals surface area contributed by atoms with Crippen LogP contribution in [0.2, 0.25) is 0 Å². The SMILES string of the molecule is CC.CCC(O)(O)c1cc(C)c(-c2cc3cnc(NC(=O)C4CC4F)cc3n3ncnc23)cn1. The van der Waals surface area contributed by atoms with Crippen molar-refractivity contribution in [3.05, 3.63) is 48.2 Å². The third kappa shape index (κ3) is 4.22. The Hall–Kier alpha value is -3.50. The first kappa shape index (κ1) is 23.7. The topological polar surface area (TPSA) is 126 Å². The van der Waals surface area contributed by atoms with E-state index in [1.807, 2.05) is 26.8 Å². The Labute approximate surface area is 195 Å². The highest BCUT2D eigenvalue weighted by atomic mass is 19.1. The van der Waals surface area contributed by atoms with Gasteiger partial charge < -0.3 is 15.5 Å². The molecule has 178 valence electrons. The van der Waals surface area contributed by atoms with Gasteiger partial charge in [-0.1, -0.05) is 20.8 Å². The number of anilines is 1. The average Bonchev–Trinajstić information content (AvgIpc) is 3.37. The number of rotatable bonds is 5. The summed E-state index contributed by atoms with van der Waals surface area (Å²) in [5.41, 5.74) is 3.73. The van der Waals surface area contributed by atoms with E-state index < -0.39 is 17.9 Å². The number of alkyl halides is 1. The molecule has 0 radical (unpaired) electrons. The van der Waals surface area contributed by atoms with Gasteiger partial charge in [0.2, 0.25) is 11.7 Å². The van der Waals surface area contributed by atoms with Crippen LogP contribution < -0.4 is 5.32 Å². The predicted octanol–water partition coefficient (Wildman–Crippen LogP) is 3.52. The molecule has 2 atom stereocenters. The summed E-state index contributed by atoms with van der Waals surface area (Å²) < 4.78 is 14.8. The standard InChI is InChI=1S/C22H21FN6O3.C2H6/c1-3-22(31,32)18-4-11(2)15(9-24-18)13-5-12-8-25-19(28-21(30)14-6-16(14)23)7-17(12)29-20(13)26-10-27-29;1-2/h4-5,7-10,14,16,31-32H,3,6H2,1-2H3,(H,25,28,30);1-2H3. The van der Waals surface area contributed by atoms with E-state index in [2.05, 4.69) is 25.4 Å². The van der Waals surface area contributed by atoms with Crippen LogP contribution in [0.1, 0.15) is 44.9 Å². The van der Waals surface area contributed by atoms with Crippen molar-refractivity contribution in [2.24, 2.45) is 5.92 Å². The van der Waals surface area contributed by atoms with Crippen LogP contribution in [0.25, 0.3) is 27.7 Å². The van der Waals surface area contributed by atoms with Crippen molar-refractivity contribution in [3.63, 3.8) is 0 Å². The van der Waals surface area contributed by atoms with Gasteiger partial charge in [0.25, 0.3) is 0 Å². The van der Waals surface area contributed by atoms with Gasteiger partial charge in [-0.15, -0.1) is 0 Å². The number of halogens is 1. The van der Waals surface area contributed by atoms with Gasteiger partial charge in [0.05, 0.1) is 17.1 Å². The number of nitrogens with one attached hydrogen (secondary N) is 1. The molecule has 4 heterocycles. The molecule has 5 rings (SSSR count). The molecule has 1 fully saturated rings. The maximum atomic E-state index is 13.2. The van der Waals surface area contributed by atoms with Crippen molar-refractivity contribution >= 4 is 28.3 Å². The minimum Gasteiger partial charge on any atom is -0.361 e. The quantitative estimate of drug-likeness (QED) is 0.384. The fraction of sp³-hybridized carbons (Fsp3) is 0.375. The van der Waals surface area contributed by atoms with Crippen LogP contribution in [-0.2, 0) is 10.6 Å². The molecule has 1 saturated carbocycles. The molecule has 1 aliphatic rings. The van der Waals surface area contributed by atoms with Crippen molar-refractivity contribution in [3.8, 4) is 11.1 Å². The fourth-order valence-electron chi connectivity index (χ4n) is 3.73. The van der Waals surface area contributed by atoms with Crippen LogP contribution in [0.15, 0.2) is 36.9 Å². The summed E-state index contributed by atoms with van der Waals surface area (Å²) in [5, 5.41) is 27.9. The molecule has 9 nitrogen and oxygen atoms in total. The minimum atomic E-state index is -2.00. The van der Waals surface area contributed by atoms with E-state index in [0.29, 0.717) is 17.0 Å². The molecule has 0 spiro atoms. The molecule has 4 aromatic rings. The van der Waals surface area contributed by atoms with Crippen molar-refractivity contribution in [2.45, 2.75) is 52.5 Å². The second kappa shape index (κ2) is 9.03. The first-order chi connectivity index (χ1) is 16.3. The van der Waals surface area contributed by atoms with Crippen molar-refractivity contribution in [2.75, 3.05) is 5.32 Å². The highest BCUT2D eigenvalue weighted by Crippen LogP contribution is 2.35. The lowest BCUT2D eigenvalue weighted by Crippen LogP contribution is -2.25. The van der Waals surface area contributed by atoms with Crippen molar-refractivity contribution in [1.82, 2.24) is 24.6 Å². The van der Waals surface area contributed by atoms with Crippen molar-refractivity contribution < 1.29 is 19.4 Å². The summed E-state index contributed by atoms with van der Waals surface area (Å²) in [6.07, 6.45) is 3.89. The van der Waals surface area contributed by atoms with Crippen LogP contribution in [0.5, 0.6) is 0 Å². The molecule has 10 heteroatoms.